The van der Waals surface area contributed by atoms with Crippen LogP contribution in [-0.2, 0) is 0 Å². The predicted molar refractivity (Wildman–Crippen MR) is 121 cm³/mol. The number of halogens is 2. The van der Waals surface area contributed by atoms with Gasteiger partial charge in [0.05, 0.1) is 18.4 Å². The molecule has 0 aliphatic heterocycles. The zero-order chi connectivity index (χ0) is 23.5. The Morgan fingerprint density at radius 1 is 0.909 bits per heavy atom. The van der Waals surface area contributed by atoms with Gasteiger partial charge in [0.1, 0.15) is 28.9 Å². The minimum absolute atomic E-state index is 0.0942. The molecule has 33 heavy (non-hydrogen) atoms. The number of nitrogens with one attached hydrogen (secondary N) is 1. The molecule has 0 fully saturated rings. The number of aryl methyl sites for hydroxylation is 1. The van der Waals surface area contributed by atoms with Crippen molar-refractivity contribution in [3.05, 3.63) is 106 Å². The van der Waals surface area contributed by atoms with E-state index in [4.69, 9.17) is 4.74 Å². The molecule has 1 heterocycles. The summed E-state index contributed by atoms with van der Waals surface area (Å²) in [4.78, 5) is 26.2. The number of nitrogens with zero attached hydrogens (tertiary/aromatic N) is 2. The molecule has 0 aliphatic carbocycles. The number of carbonyl (C=O) groups excluding carboxylic acids is 1. The van der Waals surface area contributed by atoms with Crippen LogP contribution < -0.4 is 15.5 Å². The smallest absolute Gasteiger partial charge is 0.256 e. The Bertz CT molecular complexity index is 1360. The molecule has 0 atom stereocenters. The molecule has 1 amide bonds. The van der Waals surface area contributed by atoms with E-state index in [0.29, 0.717) is 17.0 Å². The highest BCUT2D eigenvalue weighted by atomic mass is 19.1. The number of rotatable bonds is 5. The van der Waals surface area contributed by atoms with Crippen molar-refractivity contribution in [2.75, 3.05) is 12.4 Å². The molecule has 8 heteroatoms. The highest BCUT2D eigenvalue weighted by molar-refractivity contribution is 6.05. The van der Waals surface area contributed by atoms with Gasteiger partial charge in [0.25, 0.3) is 5.91 Å². The van der Waals surface area contributed by atoms with Crippen molar-refractivity contribution in [1.82, 2.24) is 9.78 Å². The first-order chi connectivity index (χ1) is 15.9. The summed E-state index contributed by atoms with van der Waals surface area (Å²) in [5.74, 6) is -0.794. The first kappa shape index (κ1) is 21.9. The maximum atomic E-state index is 13.5. The van der Waals surface area contributed by atoms with Gasteiger partial charge < -0.3 is 10.1 Å². The molecule has 1 aromatic heterocycles. The SMILES string of the molecule is COc1ccc(-c2c(NC(=O)c3ccc(F)cc3)n(-c3ccc(F)cc3)nc(C)c2=O)cc1. The normalized spacial score (nSPS) is 10.7. The van der Waals surface area contributed by atoms with E-state index in [-0.39, 0.29) is 28.1 Å². The summed E-state index contributed by atoms with van der Waals surface area (Å²) < 4.78 is 33.4. The van der Waals surface area contributed by atoms with E-state index in [1.165, 1.54) is 60.3 Å². The number of carbonyl (C=O) groups is 1. The highest BCUT2D eigenvalue weighted by Gasteiger charge is 2.21. The van der Waals surface area contributed by atoms with Gasteiger partial charge >= 0.3 is 0 Å². The molecule has 0 bridgehead atoms. The molecule has 4 rings (SSSR count). The topological polar surface area (TPSA) is 73.2 Å². The van der Waals surface area contributed by atoms with E-state index in [9.17, 15) is 18.4 Å². The number of amides is 1. The zero-order valence-electron chi connectivity index (χ0n) is 17.8. The lowest BCUT2D eigenvalue weighted by molar-refractivity contribution is 0.102. The molecule has 6 nitrogen and oxygen atoms in total. The Kier molecular flexibility index (Phi) is 5.99. The van der Waals surface area contributed by atoms with E-state index < -0.39 is 17.5 Å². The molecular weight excluding hydrogens is 428 g/mol. The first-order valence-electron chi connectivity index (χ1n) is 9.98. The van der Waals surface area contributed by atoms with Crippen LogP contribution in [0.5, 0.6) is 5.75 Å². The van der Waals surface area contributed by atoms with Crippen LogP contribution in [0, 0.1) is 18.6 Å². The Morgan fingerprint density at radius 3 is 2.06 bits per heavy atom. The van der Waals surface area contributed by atoms with Crippen molar-refractivity contribution in [2.24, 2.45) is 0 Å². The molecule has 0 radical (unpaired) electrons. The number of hydrogen-bond acceptors (Lipinski definition) is 4. The Hall–Kier alpha value is -4.33. The highest BCUT2D eigenvalue weighted by Crippen LogP contribution is 2.29. The fourth-order valence-corrected chi connectivity index (χ4v) is 3.33. The van der Waals surface area contributed by atoms with Gasteiger partial charge in [-0.2, -0.15) is 5.10 Å². The van der Waals surface area contributed by atoms with E-state index >= 15 is 0 Å². The standard InChI is InChI=1S/C25H19F2N3O3/c1-15-23(31)22(16-5-13-21(33-2)14-6-16)24(28-25(32)17-3-7-18(26)8-4-17)30(29-15)20-11-9-19(27)10-12-20/h3-14H,1-2H3,(H,28,32). The van der Waals surface area contributed by atoms with Crippen LogP contribution in [0.3, 0.4) is 0 Å². The molecule has 0 unspecified atom stereocenters. The molecule has 0 aliphatic rings. The van der Waals surface area contributed by atoms with E-state index in [0.717, 1.165) is 0 Å². The van der Waals surface area contributed by atoms with Gasteiger partial charge in [0, 0.05) is 5.56 Å². The van der Waals surface area contributed by atoms with Crippen LogP contribution in [-0.4, -0.2) is 22.8 Å². The van der Waals surface area contributed by atoms with Crippen LogP contribution in [0.15, 0.2) is 77.6 Å². The molecule has 4 aromatic rings. The van der Waals surface area contributed by atoms with Crippen molar-refractivity contribution in [1.29, 1.82) is 0 Å². The summed E-state index contributed by atoms with van der Waals surface area (Å²) in [7, 11) is 1.53. The number of hydrogen-bond donors (Lipinski definition) is 1. The van der Waals surface area contributed by atoms with Crippen LogP contribution in [0.1, 0.15) is 16.1 Å². The van der Waals surface area contributed by atoms with Gasteiger partial charge in [-0.3, -0.25) is 9.59 Å². The maximum absolute atomic E-state index is 13.5. The number of methoxy groups -OCH3 is 1. The molecular formula is C25H19F2N3O3. The van der Waals surface area contributed by atoms with Gasteiger partial charge in [0.2, 0.25) is 5.43 Å². The minimum atomic E-state index is -0.564. The van der Waals surface area contributed by atoms with Crippen LogP contribution in [0.25, 0.3) is 16.8 Å². The second kappa shape index (κ2) is 9.04. The third-order valence-corrected chi connectivity index (χ3v) is 5.04. The second-order valence-corrected chi connectivity index (χ2v) is 7.22. The van der Waals surface area contributed by atoms with Gasteiger partial charge in [0.15, 0.2) is 0 Å². The monoisotopic (exact) mass is 447 g/mol. The molecule has 1 N–H and O–H groups in total. The summed E-state index contributed by atoms with van der Waals surface area (Å²) in [6.07, 6.45) is 0. The van der Waals surface area contributed by atoms with E-state index in [1.54, 1.807) is 31.2 Å². The fraction of sp³-hybridized carbons (Fsp3) is 0.0800. The summed E-state index contributed by atoms with van der Waals surface area (Å²) >= 11 is 0. The Balaban J connectivity index is 1.93. The van der Waals surface area contributed by atoms with Crippen molar-refractivity contribution >= 4 is 11.7 Å². The van der Waals surface area contributed by atoms with Crippen LogP contribution in [0.4, 0.5) is 14.6 Å². The van der Waals surface area contributed by atoms with Gasteiger partial charge in [-0.25, -0.2) is 13.5 Å². The van der Waals surface area contributed by atoms with Gasteiger partial charge in [-0.05, 0) is 73.2 Å². The lowest BCUT2D eigenvalue weighted by Crippen LogP contribution is -2.25. The van der Waals surface area contributed by atoms with Crippen molar-refractivity contribution < 1.29 is 18.3 Å². The predicted octanol–water partition coefficient (Wildman–Crippen LogP) is 4.75. The average Bonchev–Trinajstić information content (AvgIpc) is 2.82. The van der Waals surface area contributed by atoms with Gasteiger partial charge in [-0.15, -0.1) is 0 Å². The Labute approximate surface area is 188 Å². The molecule has 0 spiro atoms. The zero-order valence-corrected chi connectivity index (χ0v) is 17.8. The largest absolute Gasteiger partial charge is 0.497 e. The van der Waals surface area contributed by atoms with Crippen molar-refractivity contribution in [3.8, 4) is 22.6 Å². The van der Waals surface area contributed by atoms with E-state index in [2.05, 4.69) is 10.4 Å². The number of ether oxygens (including phenoxy) is 1. The van der Waals surface area contributed by atoms with Crippen LogP contribution in [0.2, 0.25) is 0 Å². The summed E-state index contributed by atoms with van der Waals surface area (Å²) in [5.41, 5.74) is 1.15. The summed E-state index contributed by atoms with van der Waals surface area (Å²) in [5, 5.41) is 7.07. The lowest BCUT2D eigenvalue weighted by Gasteiger charge is -2.18. The molecule has 0 saturated heterocycles. The molecule has 0 saturated carbocycles. The quantitative estimate of drug-likeness (QED) is 0.479. The lowest BCUT2D eigenvalue weighted by atomic mass is 10.0. The third kappa shape index (κ3) is 4.50. The Morgan fingerprint density at radius 2 is 1.48 bits per heavy atom. The van der Waals surface area contributed by atoms with Crippen LogP contribution >= 0.6 is 0 Å². The fourth-order valence-electron chi connectivity index (χ4n) is 3.33. The first-order valence-corrected chi connectivity index (χ1v) is 9.98. The summed E-state index contributed by atoms with van der Waals surface area (Å²) in [6, 6.07) is 17.2. The average molecular weight is 447 g/mol. The number of aromatic nitrogens is 2. The van der Waals surface area contributed by atoms with Gasteiger partial charge in [-0.1, -0.05) is 12.1 Å². The number of anilines is 1. The minimum Gasteiger partial charge on any atom is -0.497 e. The molecule has 3 aromatic carbocycles. The number of benzene rings is 3. The van der Waals surface area contributed by atoms with E-state index in [1.807, 2.05) is 0 Å². The van der Waals surface area contributed by atoms with Crippen molar-refractivity contribution in [3.63, 3.8) is 0 Å². The third-order valence-electron chi connectivity index (χ3n) is 5.04. The second-order valence-electron chi connectivity index (χ2n) is 7.22. The molecule has 166 valence electrons. The van der Waals surface area contributed by atoms with Crippen molar-refractivity contribution in [2.45, 2.75) is 6.92 Å². The summed E-state index contributed by atoms with van der Waals surface area (Å²) in [6.45, 7) is 1.56. The maximum Gasteiger partial charge on any atom is 0.256 e.